The van der Waals surface area contributed by atoms with Crippen molar-refractivity contribution in [3.05, 3.63) is 0 Å². The van der Waals surface area contributed by atoms with Gasteiger partial charge in [0.1, 0.15) is 24.4 Å². The molecule has 23 heavy (non-hydrogen) atoms. The summed E-state index contributed by atoms with van der Waals surface area (Å²) in [6.07, 6.45) is 0.676. The molecule has 136 valence electrons. The summed E-state index contributed by atoms with van der Waals surface area (Å²) in [6.45, 7) is 8.90. The van der Waals surface area contributed by atoms with E-state index >= 15 is 0 Å². The van der Waals surface area contributed by atoms with Gasteiger partial charge in [-0.15, -0.1) is 11.6 Å². The zero-order valence-electron chi connectivity index (χ0n) is 14.5. The Balaban J connectivity index is 2.81. The van der Waals surface area contributed by atoms with E-state index in [1.54, 1.807) is 6.92 Å². The Morgan fingerprint density at radius 2 is 2.04 bits per heavy atom. The third-order valence-electron chi connectivity index (χ3n) is 3.46. The summed E-state index contributed by atoms with van der Waals surface area (Å²) < 4.78 is 22.8. The molecule has 0 bridgehead atoms. The van der Waals surface area contributed by atoms with E-state index < -0.39 is 29.1 Å². The number of alkyl halides is 1. The highest BCUT2D eigenvalue weighted by Gasteiger charge is 2.35. The number of carbonyl (C=O) groups excluding carboxylic acids is 1. The van der Waals surface area contributed by atoms with Crippen molar-refractivity contribution in [2.24, 2.45) is 5.73 Å². The van der Waals surface area contributed by atoms with Crippen LogP contribution in [0.1, 0.15) is 40.5 Å². The molecule has 0 aromatic rings. The van der Waals surface area contributed by atoms with Gasteiger partial charge in [-0.25, -0.2) is 0 Å². The van der Waals surface area contributed by atoms with E-state index in [9.17, 15) is 4.79 Å². The average molecular weight is 352 g/mol. The molecule has 1 rings (SSSR count). The van der Waals surface area contributed by atoms with Crippen LogP contribution >= 0.6 is 11.6 Å². The van der Waals surface area contributed by atoms with Crippen LogP contribution in [0, 0.1) is 0 Å². The summed E-state index contributed by atoms with van der Waals surface area (Å²) >= 11 is 6.21. The molecule has 0 aromatic heterocycles. The predicted molar refractivity (Wildman–Crippen MR) is 88.7 cm³/mol. The van der Waals surface area contributed by atoms with Crippen LogP contribution in [0.5, 0.6) is 0 Å². The van der Waals surface area contributed by atoms with Gasteiger partial charge in [0.2, 0.25) is 0 Å². The van der Waals surface area contributed by atoms with Gasteiger partial charge in [0, 0.05) is 6.61 Å². The van der Waals surface area contributed by atoms with Crippen LogP contribution in [0.15, 0.2) is 0 Å². The number of carbonyl (C=O) groups is 1. The van der Waals surface area contributed by atoms with Crippen LogP contribution in [0.2, 0.25) is 0 Å². The van der Waals surface area contributed by atoms with Gasteiger partial charge in [0.15, 0.2) is 0 Å². The number of hydrogen-bond donors (Lipinski definition) is 1. The normalized spacial score (nSPS) is 30.3. The van der Waals surface area contributed by atoms with Crippen LogP contribution in [0.25, 0.3) is 0 Å². The molecule has 1 aliphatic rings. The van der Waals surface area contributed by atoms with Crippen LogP contribution in [0.3, 0.4) is 0 Å². The Labute approximate surface area is 143 Å². The number of halogens is 1. The molecule has 1 fully saturated rings. The maximum absolute atomic E-state index is 11.9. The van der Waals surface area contributed by atoms with Gasteiger partial charge in [0.05, 0.1) is 24.7 Å². The van der Waals surface area contributed by atoms with Gasteiger partial charge >= 0.3 is 5.97 Å². The minimum absolute atomic E-state index is 0.104. The standard InChI is InChI=1S/C16H30ClNO5/c1-5-6-7-21-13-9-20-8-12(18)15(19)23-11(2)14(13)22-10-16(3,4)17/h11-14H,5-10,18H2,1-4H3/t11-,12-,13-,14-/m0/s1. The molecule has 6 nitrogen and oxygen atoms in total. The molecular formula is C16H30ClNO5. The van der Waals surface area contributed by atoms with E-state index in [1.807, 2.05) is 13.8 Å². The lowest BCUT2D eigenvalue weighted by Crippen LogP contribution is -2.46. The Bertz CT molecular complexity index is 361. The molecule has 0 aliphatic carbocycles. The smallest absolute Gasteiger partial charge is 0.325 e. The number of rotatable bonds is 7. The Morgan fingerprint density at radius 3 is 2.65 bits per heavy atom. The lowest BCUT2D eigenvalue weighted by atomic mass is 10.1. The van der Waals surface area contributed by atoms with Gasteiger partial charge < -0.3 is 24.7 Å². The van der Waals surface area contributed by atoms with Crippen molar-refractivity contribution in [2.45, 2.75) is 69.8 Å². The van der Waals surface area contributed by atoms with Crippen molar-refractivity contribution < 1.29 is 23.7 Å². The average Bonchev–Trinajstić information content (AvgIpc) is 2.49. The first-order chi connectivity index (χ1) is 10.7. The molecule has 4 atom stereocenters. The van der Waals surface area contributed by atoms with Crippen LogP contribution in [0.4, 0.5) is 0 Å². The summed E-state index contributed by atoms with van der Waals surface area (Å²) in [7, 11) is 0. The van der Waals surface area contributed by atoms with Gasteiger partial charge in [-0.2, -0.15) is 0 Å². The Morgan fingerprint density at radius 1 is 1.35 bits per heavy atom. The topological polar surface area (TPSA) is 80.0 Å². The van der Waals surface area contributed by atoms with E-state index in [-0.39, 0.29) is 12.7 Å². The zero-order valence-corrected chi connectivity index (χ0v) is 15.3. The highest BCUT2D eigenvalue weighted by atomic mass is 35.5. The fraction of sp³-hybridized carbons (Fsp3) is 0.938. The van der Waals surface area contributed by atoms with Gasteiger partial charge in [0.25, 0.3) is 0 Å². The Kier molecular flexibility index (Phi) is 8.79. The first-order valence-electron chi connectivity index (χ1n) is 8.20. The number of ether oxygens (including phenoxy) is 4. The molecule has 7 heteroatoms. The molecule has 1 aliphatic heterocycles. The lowest BCUT2D eigenvalue weighted by Gasteiger charge is -2.32. The number of hydrogen-bond acceptors (Lipinski definition) is 6. The number of unbranched alkanes of at least 4 members (excludes halogenated alkanes) is 1. The van der Waals surface area contributed by atoms with Gasteiger partial charge in [-0.05, 0) is 27.2 Å². The summed E-state index contributed by atoms with van der Waals surface area (Å²) in [5, 5.41) is 0. The molecule has 2 N–H and O–H groups in total. The van der Waals surface area contributed by atoms with Crippen molar-refractivity contribution in [3.63, 3.8) is 0 Å². The second kappa shape index (κ2) is 9.79. The highest BCUT2D eigenvalue weighted by Crippen LogP contribution is 2.20. The quantitative estimate of drug-likeness (QED) is 0.428. The maximum Gasteiger partial charge on any atom is 0.325 e. The van der Waals surface area contributed by atoms with E-state index in [1.165, 1.54) is 0 Å². The fourth-order valence-electron chi connectivity index (χ4n) is 2.17. The van der Waals surface area contributed by atoms with Crippen molar-refractivity contribution >= 4 is 17.6 Å². The van der Waals surface area contributed by atoms with Gasteiger partial charge in [-0.1, -0.05) is 13.3 Å². The first-order valence-corrected chi connectivity index (χ1v) is 8.58. The van der Waals surface area contributed by atoms with Gasteiger partial charge in [-0.3, -0.25) is 4.79 Å². The summed E-state index contributed by atoms with van der Waals surface area (Å²) in [6, 6.07) is -0.794. The molecule has 0 aromatic carbocycles. The monoisotopic (exact) mass is 351 g/mol. The van der Waals surface area contributed by atoms with E-state index in [2.05, 4.69) is 6.92 Å². The minimum Gasteiger partial charge on any atom is -0.459 e. The van der Waals surface area contributed by atoms with Crippen LogP contribution < -0.4 is 5.73 Å². The summed E-state index contributed by atoms with van der Waals surface area (Å²) in [5.41, 5.74) is 5.73. The molecule has 1 saturated heterocycles. The second-order valence-electron chi connectivity index (χ2n) is 6.54. The van der Waals surface area contributed by atoms with Crippen molar-refractivity contribution in [1.29, 1.82) is 0 Å². The zero-order chi connectivity index (χ0) is 17.5. The third kappa shape index (κ3) is 7.81. The summed E-state index contributed by atoms with van der Waals surface area (Å²) in [5.74, 6) is -0.495. The Hall–Kier alpha value is -0.400. The minimum atomic E-state index is -0.794. The van der Waals surface area contributed by atoms with Crippen molar-refractivity contribution in [2.75, 3.05) is 26.4 Å². The highest BCUT2D eigenvalue weighted by molar-refractivity contribution is 6.23. The molecule has 0 radical (unpaired) electrons. The third-order valence-corrected chi connectivity index (χ3v) is 3.57. The SMILES string of the molecule is CCCCO[C@H]1COC[C@H](N)C(=O)O[C@@H](C)[C@@H]1OCC(C)(C)Cl. The fourth-order valence-corrected chi connectivity index (χ4v) is 2.24. The molecular weight excluding hydrogens is 322 g/mol. The predicted octanol–water partition coefficient (Wildman–Crippen LogP) is 1.86. The largest absolute Gasteiger partial charge is 0.459 e. The van der Waals surface area contributed by atoms with E-state index in [4.69, 9.17) is 36.3 Å². The van der Waals surface area contributed by atoms with Crippen molar-refractivity contribution in [3.8, 4) is 0 Å². The molecule has 0 spiro atoms. The molecule has 0 amide bonds. The first kappa shape index (κ1) is 20.6. The van der Waals surface area contributed by atoms with E-state index in [0.717, 1.165) is 12.8 Å². The van der Waals surface area contributed by atoms with Crippen LogP contribution in [-0.4, -0.2) is 61.6 Å². The molecule has 1 heterocycles. The lowest BCUT2D eigenvalue weighted by molar-refractivity contribution is -0.168. The second-order valence-corrected chi connectivity index (χ2v) is 7.57. The number of cyclic esters (lactones) is 1. The van der Waals surface area contributed by atoms with E-state index in [0.29, 0.717) is 19.8 Å². The van der Waals surface area contributed by atoms with Crippen molar-refractivity contribution in [1.82, 2.24) is 0 Å². The van der Waals surface area contributed by atoms with Crippen LogP contribution in [-0.2, 0) is 23.7 Å². The number of nitrogens with two attached hydrogens (primary N) is 1. The number of esters is 1. The molecule has 0 saturated carbocycles. The molecule has 0 unspecified atom stereocenters. The maximum atomic E-state index is 11.9. The summed E-state index contributed by atoms with van der Waals surface area (Å²) in [4.78, 5) is 11.4.